The fraction of sp³-hybridized carbons (Fsp3) is 0.125. The van der Waals surface area contributed by atoms with Crippen molar-refractivity contribution in [3.8, 4) is 0 Å². The van der Waals surface area contributed by atoms with Crippen molar-refractivity contribution in [2.75, 3.05) is 0 Å². The lowest BCUT2D eigenvalue weighted by atomic mass is 10.1. The van der Waals surface area contributed by atoms with Crippen molar-refractivity contribution in [1.29, 1.82) is 0 Å². The molecule has 70 valence electrons. The Hall–Kier alpha value is -1.36. The summed E-state index contributed by atoms with van der Waals surface area (Å²) in [7, 11) is -2.58. The molecule has 1 aromatic rings. The van der Waals surface area contributed by atoms with Gasteiger partial charge in [-0.15, -0.1) is 0 Å². The normalized spacial score (nSPS) is 10.2. The molecule has 0 aromatic heterocycles. The van der Waals surface area contributed by atoms with Crippen molar-refractivity contribution in [3.63, 3.8) is 0 Å². The largest absolute Gasteiger partial charge is 0.478 e. The van der Waals surface area contributed by atoms with E-state index in [1.165, 1.54) is 12.1 Å². The molecule has 4 nitrogen and oxygen atoms in total. The van der Waals surface area contributed by atoms with E-state index < -0.39 is 16.7 Å². The standard InChI is InChI=1S/C8H8O4S/c9-8(10)7-4-2-1-3-6(7)5-13(11)12/h1-4,13H,5H2,(H,9,10). The van der Waals surface area contributed by atoms with Crippen LogP contribution in [0.4, 0.5) is 0 Å². The van der Waals surface area contributed by atoms with Crippen LogP contribution in [0.1, 0.15) is 15.9 Å². The van der Waals surface area contributed by atoms with Crippen molar-refractivity contribution in [1.82, 2.24) is 0 Å². The predicted octanol–water partition coefficient (Wildman–Crippen LogP) is 0.496. The molecule has 1 N–H and O–H groups in total. The second-order valence-corrected chi connectivity index (χ2v) is 3.43. The van der Waals surface area contributed by atoms with Crippen molar-refractivity contribution in [3.05, 3.63) is 35.4 Å². The second-order valence-electron chi connectivity index (χ2n) is 2.45. The average Bonchev–Trinajstić information content (AvgIpc) is 2.03. The number of thiol groups is 1. The molecule has 0 spiro atoms. The average molecular weight is 200 g/mol. The summed E-state index contributed by atoms with van der Waals surface area (Å²) in [5.74, 6) is -1.33. The molecule has 5 heteroatoms. The van der Waals surface area contributed by atoms with E-state index >= 15 is 0 Å². The molecular weight excluding hydrogens is 192 g/mol. The van der Waals surface area contributed by atoms with Crippen LogP contribution in [0, 0.1) is 0 Å². The van der Waals surface area contributed by atoms with Gasteiger partial charge in [-0.1, -0.05) is 18.2 Å². The van der Waals surface area contributed by atoms with Gasteiger partial charge in [0.2, 0.25) is 0 Å². The number of rotatable bonds is 3. The SMILES string of the molecule is O=C(O)c1ccccc1C[SH](=O)=O. The Kier molecular flexibility index (Phi) is 3.02. The summed E-state index contributed by atoms with van der Waals surface area (Å²) in [5.41, 5.74) is 0.368. The van der Waals surface area contributed by atoms with Gasteiger partial charge in [-0.25, -0.2) is 13.2 Å². The third kappa shape index (κ3) is 2.55. The van der Waals surface area contributed by atoms with Crippen molar-refractivity contribution >= 4 is 16.7 Å². The Morgan fingerprint density at radius 2 is 1.92 bits per heavy atom. The van der Waals surface area contributed by atoms with Crippen LogP contribution in [0.15, 0.2) is 24.3 Å². The van der Waals surface area contributed by atoms with E-state index in [0.29, 0.717) is 5.56 Å². The Balaban J connectivity index is 3.11. The van der Waals surface area contributed by atoms with Gasteiger partial charge in [0.15, 0.2) is 0 Å². The molecule has 0 heterocycles. The number of aromatic carboxylic acids is 1. The first-order chi connectivity index (χ1) is 6.11. The van der Waals surface area contributed by atoms with E-state index in [1.807, 2.05) is 0 Å². The maximum atomic E-state index is 10.6. The number of hydrogen-bond donors (Lipinski definition) is 2. The summed E-state index contributed by atoms with van der Waals surface area (Å²) < 4.78 is 20.8. The lowest BCUT2D eigenvalue weighted by molar-refractivity contribution is 0.0696. The van der Waals surface area contributed by atoms with Crippen LogP contribution in [-0.4, -0.2) is 19.5 Å². The molecular formula is C8H8O4S. The quantitative estimate of drug-likeness (QED) is 0.697. The van der Waals surface area contributed by atoms with Crippen molar-refractivity contribution in [2.45, 2.75) is 5.75 Å². The minimum absolute atomic E-state index is 0.0432. The van der Waals surface area contributed by atoms with Gasteiger partial charge < -0.3 is 5.11 Å². The van der Waals surface area contributed by atoms with E-state index in [4.69, 9.17) is 5.11 Å². The first kappa shape index (κ1) is 9.73. The lowest BCUT2D eigenvalue weighted by Gasteiger charge is -2.00. The molecule has 1 rings (SSSR count). The van der Waals surface area contributed by atoms with Gasteiger partial charge in [0.05, 0.1) is 11.3 Å². The van der Waals surface area contributed by atoms with Crippen LogP contribution in [0.25, 0.3) is 0 Å². The molecule has 0 aliphatic heterocycles. The van der Waals surface area contributed by atoms with Gasteiger partial charge in [-0.05, 0) is 11.6 Å². The number of carbonyl (C=O) groups is 1. The topological polar surface area (TPSA) is 71.4 Å². The predicted molar refractivity (Wildman–Crippen MR) is 47.4 cm³/mol. The summed E-state index contributed by atoms with van der Waals surface area (Å²) in [6, 6.07) is 6.05. The Bertz CT molecular complexity index is 387. The highest BCUT2D eigenvalue weighted by Gasteiger charge is 2.08. The zero-order valence-electron chi connectivity index (χ0n) is 6.64. The fourth-order valence-corrected chi connectivity index (χ4v) is 1.56. The van der Waals surface area contributed by atoms with Crippen molar-refractivity contribution in [2.24, 2.45) is 0 Å². The lowest BCUT2D eigenvalue weighted by Crippen LogP contribution is -2.02. The second kappa shape index (κ2) is 4.04. The maximum Gasteiger partial charge on any atom is 0.335 e. The first-order valence-electron chi connectivity index (χ1n) is 3.54. The van der Waals surface area contributed by atoms with Crippen LogP contribution in [0.3, 0.4) is 0 Å². The fourth-order valence-electron chi connectivity index (χ4n) is 1.01. The van der Waals surface area contributed by atoms with Gasteiger partial charge in [0, 0.05) is 0 Å². The summed E-state index contributed by atoms with van der Waals surface area (Å²) >= 11 is 0. The van der Waals surface area contributed by atoms with Crippen LogP contribution < -0.4 is 0 Å². The Labute approximate surface area is 76.8 Å². The molecule has 0 saturated heterocycles. The highest BCUT2D eigenvalue weighted by atomic mass is 32.2. The van der Waals surface area contributed by atoms with Gasteiger partial charge >= 0.3 is 5.97 Å². The molecule has 0 aliphatic carbocycles. The molecule has 0 unspecified atom stereocenters. The molecule has 1 aromatic carbocycles. The minimum Gasteiger partial charge on any atom is -0.478 e. The van der Waals surface area contributed by atoms with E-state index in [-0.39, 0.29) is 11.3 Å². The van der Waals surface area contributed by atoms with Crippen LogP contribution in [0.2, 0.25) is 0 Å². The van der Waals surface area contributed by atoms with Gasteiger partial charge in [-0.2, -0.15) is 0 Å². The molecule has 0 amide bonds. The minimum atomic E-state index is -2.58. The zero-order valence-corrected chi connectivity index (χ0v) is 7.53. The molecule has 0 radical (unpaired) electrons. The molecule has 0 aliphatic rings. The van der Waals surface area contributed by atoms with Crippen molar-refractivity contribution < 1.29 is 18.3 Å². The summed E-state index contributed by atoms with van der Waals surface area (Å²) in [6.07, 6.45) is 0. The van der Waals surface area contributed by atoms with Crippen LogP contribution in [0.5, 0.6) is 0 Å². The Morgan fingerprint density at radius 1 is 1.31 bits per heavy atom. The molecule has 0 saturated carbocycles. The summed E-state index contributed by atoms with van der Waals surface area (Å²) in [4.78, 5) is 10.6. The highest BCUT2D eigenvalue weighted by molar-refractivity contribution is 7.71. The van der Waals surface area contributed by atoms with Gasteiger partial charge in [0.25, 0.3) is 0 Å². The zero-order chi connectivity index (χ0) is 9.84. The summed E-state index contributed by atoms with van der Waals surface area (Å²) in [5, 5.41) is 8.68. The third-order valence-electron chi connectivity index (χ3n) is 1.55. The smallest absolute Gasteiger partial charge is 0.335 e. The van der Waals surface area contributed by atoms with E-state index in [0.717, 1.165) is 0 Å². The first-order valence-corrected chi connectivity index (χ1v) is 4.90. The molecule has 0 bridgehead atoms. The number of benzene rings is 1. The monoisotopic (exact) mass is 200 g/mol. The van der Waals surface area contributed by atoms with Crippen LogP contribution in [-0.2, 0) is 16.5 Å². The third-order valence-corrected chi connectivity index (χ3v) is 2.15. The van der Waals surface area contributed by atoms with Gasteiger partial charge in [0.1, 0.15) is 10.7 Å². The molecule has 0 atom stereocenters. The van der Waals surface area contributed by atoms with E-state index in [1.54, 1.807) is 12.1 Å². The van der Waals surface area contributed by atoms with E-state index in [9.17, 15) is 13.2 Å². The van der Waals surface area contributed by atoms with Crippen LogP contribution >= 0.6 is 0 Å². The maximum absolute atomic E-state index is 10.6. The molecule has 13 heavy (non-hydrogen) atoms. The number of carboxylic acids is 1. The highest BCUT2D eigenvalue weighted by Crippen LogP contribution is 2.09. The molecule has 0 fully saturated rings. The summed E-state index contributed by atoms with van der Waals surface area (Å²) in [6.45, 7) is 0. The van der Waals surface area contributed by atoms with Gasteiger partial charge in [-0.3, -0.25) is 0 Å². The Morgan fingerprint density at radius 3 is 2.46 bits per heavy atom. The number of carboxylic acid groups (broad SMARTS) is 1. The number of hydrogen-bond acceptors (Lipinski definition) is 3. The van der Waals surface area contributed by atoms with E-state index in [2.05, 4.69) is 0 Å².